The lowest BCUT2D eigenvalue weighted by atomic mass is 10.1. The van der Waals surface area contributed by atoms with E-state index in [-0.39, 0.29) is 5.69 Å². The molecule has 0 aliphatic heterocycles. The molecule has 0 unspecified atom stereocenters. The van der Waals surface area contributed by atoms with Crippen LogP contribution in [0.5, 0.6) is 0 Å². The monoisotopic (exact) mass is 246 g/mol. The summed E-state index contributed by atoms with van der Waals surface area (Å²) in [6.07, 6.45) is 5.60. The van der Waals surface area contributed by atoms with Crippen LogP contribution in [0.15, 0.2) is 36.7 Å². The molecule has 0 aliphatic rings. The molecule has 0 saturated heterocycles. The Morgan fingerprint density at radius 2 is 2.28 bits per heavy atom. The zero-order valence-corrected chi connectivity index (χ0v) is 9.67. The number of carbonyl (C=O) groups is 1. The van der Waals surface area contributed by atoms with Crippen LogP contribution in [0.4, 0.5) is 4.39 Å². The van der Waals surface area contributed by atoms with E-state index in [4.69, 9.17) is 5.11 Å². The SMILES string of the molecule is Cc1cnn(-c2c(F)cccc2/C=C/C(=O)O)c1. The molecule has 2 aromatic rings. The standard InChI is InChI=1S/C13H11FN2O2/c1-9-7-15-16(8-9)13-10(5-6-12(17)18)3-2-4-11(13)14/h2-8H,1H3,(H,17,18)/b6-5+. The van der Waals surface area contributed by atoms with Gasteiger partial charge in [-0.15, -0.1) is 0 Å². The highest BCUT2D eigenvalue weighted by Gasteiger charge is 2.09. The Labute approximate surface area is 103 Å². The van der Waals surface area contributed by atoms with Gasteiger partial charge in [-0.3, -0.25) is 0 Å². The van der Waals surface area contributed by atoms with Gasteiger partial charge in [-0.25, -0.2) is 13.9 Å². The molecule has 1 aromatic carbocycles. The van der Waals surface area contributed by atoms with Gasteiger partial charge >= 0.3 is 5.97 Å². The molecular weight excluding hydrogens is 235 g/mol. The van der Waals surface area contributed by atoms with Crippen molar-refractivity contribution in [1.29, 1.82) is 0 Å². The second-order valence-corrected chi connectivity index (χ2v) is 3.81. The van der Waals surface area contributed by atoms with E-state index < -0.39 is 11.8 Å². The van der Waals surface area contributed by atoms with Gasteiger partial charge in [0.05, 0.1) is 6.20 Å². The Balaban J connectivity index is 2.54. The average molecular weight is 246 g/mol. The van der Waals surface area contributed by atoms with Gasteiger partial charge in [0.1, 0.15) is 11.5 Å². The molecule has 2 rings (SSSR count). The van der Waals surface area contributed by atoms with Gasteiger partial charge in [0.15, 0.2) is 0 Å². The predicted octanol–water partition coefficient (Wildman–Crippen LogP) is 2.42. The van der Waals surface area contributed by atoms with Crippen LogP contribution < -0.4 is 0 Å². The van der Waals surface area contributed by atoms with E-state index in [2.05, 4.69) is 5.10 Å². The highest BCUT2D eigenvalue weighted by Crippen LogP contribution is 2.19. The first kappa shape index (κ1) is 12.0. The normalized spacial score (nSPS) is 11.0. The van der Waals surface area contributed by atoms with Crippen LogP contribution >= 0.6 is 0 Å². The van der Waals surface area contributed by atoms with E-state index in [1.165, 1.54) is 22.9 Å². The van der Waals surface area contributed by atoms with Crippen molar-refractivity contribution in [3.8, 4) is 5.69 Å². The van der Waals surface area contributed by atoms with Crippen LogP contribution in [0.25, 0.3) is 11.8 Å². The molecular formula is C13H11FN2O2. The molecule has 4 nitrogen and oxygen atoms in total. The minimum Gasteiger partial charge on any atom is -0.478 e. The van der Waals surface area contributed by atoms with Crippen LogP contribution in [0, 0.1) is 12.7 Å². The van der Waals surface area contributed by atoms with Gasteiger partial charge in [0, 0.05) is 17.8 Å². The van der Waals surface area contributed by atoms with Crippen LogP contribution in [-0.4, -0.2) is 20.9 Å². The average Bonchev–Trinajstić information content (AvgIpc) is 2.72. The van der Waals surface area contributed by atoms with Crippen LogP contribution in [0.1, 0.15) is 11.1 Å². The van der Waals surface area contributed by atoms with E-state index in [1.807, 2.05) is 6.92 Å². The summed E-state index contributed by atoms with van der Waals surface area (Å²) in [5.74, 6) is -1.53. The summed E-state index contributed by atoms with van der Waals surface area (Å²) in [5.41, 5.74) is 1.59. The fraction of sp³-hybridized carbons (Fsp3) is 0.0769. The molecule has 0 atom stereocenters. The first-order valence-electron chi connectivity index (χ1n) is 5.29. The number of aromatic nitrogens is 2. The third-order valence-corrected chi connectivity index (χ3v) is 2.36. The molecule has 0 bridgehead atoms. The molecule has 0 spiro atoms. The van der Waals surface area contributed by atoms with Crippen LogP contribution in [0.2, 0.25) is 0 Å². The van der Waals surface area contributed by atoms with Gasteiger partial charge in [0.25, 0.3) is 0 Å². The Morgan fingerprint density at radius 3 is 2.89 bits per heavy atom. The molecule has 1 aromatic heterocycles. The summed E-state index contributed by atoms with van der Waals surface area (Å²) >= 11 is 0. The Hall–Kier alpha value is -2.43. The quantitative estimate of drug-likeness (QED) is 0.846. The van der Waals surface area contributed by atoms with E-state index in [9.17, 15) is 9.18 Å². The maximum atomic E-state index is 13.8. The maximum absolute atomic E-state index is 13.8. The second-order valence-electron chi connectivity index (χ2n) is 3.81. The van der Waals surface area contributed by atoms with E-state index in [0.717, 1.165) is 11.6 Å². The Morgan fingerprint density at radius 1 is 1.50 bits per heavy atom. The largest absolute Gasteiger partial charge is 0.478 e. The van der Waals surface area contributed by atoms with Gasteiger partial charge in [-0.1, -0.05) is 12.1 Å². The molecule has 0 saturated carbocycles. The number of rotatable bonds is 3. The topological polar surface area (TPSA) is 55.1 Å². The Bertz CT molecular complexity index is 617. The first-order valence-corrected chi connectivity index (χ1v) is 5.29. The number of benzene rings is 1. The summed E-state index contributed by atoms with van der Waals surface area (Å²) in [4.78, 5) is 10.5. The lowest BCUT2D eigenvalue weighted by molar-refractivity contribution is -0.131. The molecule has 1 N–H and O–H groups in total. The van der Waals surface area contributed by atoms with Crippen LogP contribution in [0.3, 0.4) is 0 Å². The summed E-state index contributed by atoms with van der Waals surface area (Å²) in [6.45, 7) is 1.84. The summed E-state index contributed by atoms with van der Waals surface area (Å²) in [7, 11) is 0. The highest BCUT2D eigenvalue weighted by atomic mass is 19.1. The molecule has 5 heteroatoms. The number of nitrogens with zero attached hydrogens (tertiary/aromatic N) is 2. The minimum absolute atomic E-state index is 0.239. The number of halogens is 1. The van der Waals surface area contributed by atoms with Gasteiger partial charge in [-0.2, -0.15) is 5.10 Å². The molecule has 0 aliphatic carbocycles. The molecule has 18 heavy (non-hydrogen) atoms. The summed E-state index contributed by atoms with van der Waals surface area (Å²) < 4.78 is 15.2. The van der Waals surface area contributed by atoms with Crippen molar-refractivity contribution >= 4 is 12.0 Å². The Kier molecular flexibility index (Phi) is 3.23. The third-order valence-electron chi connectivity index (χ3n) is 2.36. The number of hydrogen-bond donors (Lipinski definition) is 1. The maximum Gasteiger partial charge on any atom is 0.328 e. The summed E-state index contributed by atoms with van der Waals surface area (Å²) in [6, 6.07) is 4.47. The number of hydrogen-bond acceptors (Lipinski definition) is 2. The lowest BCUT2D eigenvalue weighted by Crippen LogP contribution is -2.01. The first-order chi connectivity index (χ1) is 8.58. The molecule has 0 radical (unpaired) electrons. The van der Waals surface area contributed by atoms with Crippen molar-refractivity contribution in [3.05, 3.63) is 53.6 Å². The number of carboxylic acids is 1. The van der Waals surface area contributed by atoms with Crippen molar-refractivity contribution in [2.24, 2.45) is 0 Å². The second kappa shape index (κ2) is 4.83. The lowest BCUT2D eigenvalue weighted by Gasteiger charge is -2.07. The van der Waals surface area contributed by atoms with Gasteiger partial charge < -0.3 is 5.11 Å². The van der Waals surface area contributed by atoms with Gasteiger partial charge in [0.2, 0.25) is 0 Å². The van der Waals surface area contributed by atoms with Crippen molar-refractivity contribution in [1.82, 2.24) is 9.78 Å². The van der Waals surface area contributed by atoms with Crippen molar-refractivity contribution in [3.63, 3.8) is 0 Å². The smallest absolute Gasteiger partial charge is 0.328 e. The van der Waals surface area contributed by atoms with E-state index in [0.29, 0.717) is 5.56 Å². The minimum atomic E-state index is -1.08. The predicted molar refractivity (Wildman–Crippen MR) is 64.9 cm³/mol. The fourth-order valence-electron chi connectivity index (χ4n) is 1.60. The van der Waals surface area contributed by atoms with Crippen LogP contribution in [-0.2, 0) is 4.79 Å². The molecule has 1 heterocycles. The zero-order chi connectivity index (χ0) is 13.1. The molecule has 92 valence electrons. The number of aryl methyl sites for hydroxylation is 1. The van der Waals surface area contributed by atoms with E-state index >= 15 is 0 Å². The van der Waals surface area contributed by atoms with Crippen molar-refractivity contribution in [2.75, 3.05) is 0 Å². The summed E-state index contributed by atoms with van der Waals surface area (Å²) in [5, 5.41) is 12.6. The molecule has 0 fully saturated rings. The van der Waals surface area contributed by atoms with E-state index in [1.54, 1.807) is 18.5 Å². The zero-order valence-electron chi connectivity index (χ0n) is 9.67. The number of para-hydroxylation sites is 1. The number of aliphatic carboxylic acids is 1. The highest BCUT2D eigenvalue weighted by molar-refractivity contribution is 5.86. The number of carboxylic acid groups (broad SMARTS) is 1. The van der Waals surface area contributed by atoms with Crippen molar-refractivity contribution in [2.45, 2.75) is 6.92 Å². The van der Waals surface area contributed by atoms with Gasteiger partial charge in [-0.05, 0) is 24.6 Å². The third kappa shape index (κ3) is 2.45. The fourth-order valence-corrected chi connectivity index (χ4v) is 1.60. The molecule has 0 amide bonds. The van der Waals surface area contributed by atoms with Crippen molar-refractivity contribution < 1.29 is 14.3 Å².